The molecule has 4 heteroatoms. The van der Waals surface area contributed by atoms with Gasteiger partial charge in [0.15, 0.2) is 0 Å². The zero-order valence-corrected chi connectivity index (χ0v) is 9.65. The molecule has 2 rings (SSSR count). The molecule has 1 aromatic heterocycles. The van der Waals surface area contributed by atoms with Crippen molar-refractivity contribution in [2.75, 3.05) is 0 Å². The van der Waals surface area contributed by atoms with Crippen molar-refractivity contribution in [3.05, 3.63) is 24.0 Å². The van der Waals surface area contributed by atoms with Crippen LogP contribution in [0.25, 0.3) is 0 Å². The van der Waals surface area contributed by atoms with Gasteiger partial charge in [0.1, 0.15) is 17.5 Å². The predicted molar refractivity (Wildman–Crippen MR) is 56.6 cm³/mol. The Bertz CT molecular complexity index is 354. The summed E-state index contributed by atoms with van der Waals surface area (Å²) >= 11 is 3.44. The molecule has 76 valence electrons. The van der Waals surface area contributed by atoms with Crippen LogP contribution in [0.2, 0.25) is 0 Å². The Morgan fingerprint density at radius 3 is 3.00 bits per heavy atom. The van der Waals surface area contributed by atoms with Crippen LogP contribution < -0.4 is 4.74 Å². The summed E-state index contributed by atoms with van der Waals surface area (Å²) in [6, 6.07) is 1.78. The van der Waals surface area contributed by atoms with E-state index in [1.165, 1.54) is 0 Å². The molecule has 0 saturated heterocycles. The number of aliphatic hydroxyl groups excluding tert-OH is 1. The summed E-state index contributed by atoms with van der Waals surface area (Å²) in [5.74, 6) is 0.716. The Labute approximate surface area is 91.2 Å². The summed E-state index contributed by atoms with van der Waals surface area (Å²) in [6.07, 6.45) is 2.74. The predicted octanol–water partition coefficient (Wildman–Crippen LogP) is 2.05. The standard InChI is InChI=1S/C10H12BrNO2/c1-10(2)9(11)8(13)6-5-12-4-3-7(6)14-10/h3-5,8-9,13H,1-2H3/t8-,9+/m1/s1. The van der Waals surface area contributed by atoms with E-state index in [2.05, 4.69) is 20.9 Å². The molecule has 0 spiro atoms. The third-order valence-electron chi connectivity index (χ3n) is 2.44. The molecule has 1 aromatic rings. The number of halogens is 1. The molecule has 1 aliphatic heterocycles. The summed E-state index contributed by atoms with van der Waals surface area (Å²) in [4.78, 5) is 3.85. The first kappa shape index (κ1) is 9.93. The number of pyridine rings is 1. The van der Waals surface area contributed by atoms with Gasteiger partial charge < -0.3 is 9.84 Å². The topological polar surface area (TPSA) is 42.4 Å². The highest BCUT2D eigenvalue weighted by molar-refractivity contribution is 9.09. The third-order valence-corrected chi connectivity index (χ3v) is 4.05. The monoisotopic (exact) mass is 257 g/mol. The van der Waals surface area contributed by atoms with Crippen LogP contribution in [-0.4, -0.2) is 20.5 Å². The van der Waals surface area contributed by atoms with Crippen molar-refractivity contribution in [2.45, 2.75) is 30.4 Å². The van der Waals surface area contributed by atoms with Crippen LogP contribution in [0.1, 0.15) is 25.5 Å². The molecule has 2 atom stereocenters. The number of hydrogen-bond acceptors (Lipinski definition) is 3. The highest BCUT2D eigenvalue weighted by Gasteiger charge is 2.41. The fourth-order valence-corrected chi connectivity index (χ4v) is 1.96. The fourth-order valence-electron chi connectivity index (χ4n) is 1.59. The Morgan fingerprint density at radius 1 is 1.57 bits per heavy atom. The molecule has 0 saturated carbocycles. The van der Waals surface area contributed by atoms with Crippen LogP contribution in [0.15, 0.2) is 18.5 Å². The summed E-state index contributed by atoms with van der Waals surface area (Å²) in [7, 11) is 0. The SMILES string of the molecule is CC1(C)Oc2ccncc2[C@@H](O)[C@@H]1Br. The van der Waals surface area contributed by atoms with E-state index in [9.17, 15) is 5.11 Å². The molecule has 0 unspecified atom stereocenters. The molecule has 0 bridgehead atoms. The van der Waals surface area contributed by atoms with Gasteiger partial charge in [0.05, 0.1) is 4.83 Å². The second-order valence-corrected chi connectivity index (χ2v) is 4.95. The van der Waals surface area contributed by atoms with Gasteiger partial charge in [0.25, 0.3) is 0 Å². The van der Waals surface area contributed by atoms with Gasteiger partial charge in [0.2, 0.25) is 0 Å². The normalized spacial score (nSPS) is 29.1. The summed E-state index contributed by atoms with van der Waals surface area (Å²) < 4.78 is 5.76. The number of ether oxygens (including phenoxy) is 1. The van der Waals surface area contributed by atoms with Crippen LogP contribution in [0, 0.1) is 0 Å². The van der Waals surface area contributed by atoms with E-state index in [4.69, 9.17) is 4.74 Å². The lowest BCUT2D eigenvalue weighted by Crippen LogP contribution is -2.45. The van der Waals surface area contributed by atoms with Crippen LogP contribution >= 0.6 is 15.9 Å². The molecule has 1 N–H and O–H groups in total. The molecule has 14 heavy (non-hydrogen) atoms. The smallest absolute Gasteiger partial charge is 0.129 e. The van der Waals surface area contributed by atoms with Gasteiger partial charge >= 0.3 is 0 Å². The number of hydrogen-bond donors (Lipinski definition) is 1. The maximum atomic E-state index is 10.00. The first-order chi connectivity index (χ1) is 6.52. The minimum Gasteiger partial charge on any atom is -0.486 e. The van der Waals surface area contributed by atoms with Crippen molar-refractivity contribution in [3.63, 3.8) is 0 Å². The number of rotatable bonds is 0. The molecule has 0 aromatic carbocycles. The molecule has 0 aliphatic carbocycles. The molecule has 0 fully saturated rings. The first-order valence-corrected chi connectivity index (χ1v) is 5.39. The lowest BCUT2D eigenvalue weighted by molar-refractivity contribution is 0.0222. The van der Waals surface area contributed by atoms with Crippen molar-refractivity contribution in [2.24, 2.45) is 0 Å². The maximum Gasteiger partial charge on any atom is 0.129 e. The number of fused-ring (bicyclic) bond motifs is 1. The average molecular weight is 258 g/mol. The van der Waals surface area contributed by atoms with Gasteiger partial charge in [-0.05, 0) is 19.9 Å². The zero-order chi connectivity index (χ0) is 10.3. The van der Waals surface area contributed by atoms with Gasteiger partial charge in [-0.15, -0.1) is 0 Å². The quantitative estimate of drug-likeness (QED) is 0.724. The van der Waals surface area contributed by atoms with Crippen LogP contribution in [0.4, 0.5) is 0 Å². The Morgan fingerprint density at radius 2 is 2.29 bits per heavy atom. The van der Waals surface area contributed by atoms with Gasteiger partial charge in [-0.2, -0.15) is 0 Å². The van der Waals surface area contributed by atoms with E-state index in [-0.39, 0.29) is 4.83 Å². The molecular formula is C10H12BrNO2. The summed E-state index contributed by atoms with van der Waals surface area (Å²) in [5, 5.41) is 10.00. The highest BCUT2D eigenvalue weighted by atomic mass is 79.9. The lowest BCUT2D eigenvalue weighted by Gasteiger charge is -2.39. The van der Waals surface area contributed by atoms with Crippen LogP contribution in [0.5, 0.6) is 5.75 Å². The molecule has 0 radical (unpaired) electrons. The fraction of sp³-hybridized carbons (Fsp3) is 0.500. The number of aliphatic hydroxyl groups is 1. The van der Waals surface area contributed by atoms with Gasteiger partial charge in [-0.25, -0.2) is 0 Å². The van der Waals surface area contributed by atoms with E-state index >= 15 is 0 Å². The maximum absolute atomic E-state index is 10.00. The van der Waals surface area contributed by atoms with E-state index in [0.29, 0.717) is 5.75 Å². The lowest BCUT2D eigenvalue weighted by atomic mass is 9.93. The van der Waals surface area contributed by atoms with Crippen LogP contribution in [0.3, 0.4) is 0 Å². The molecule has 3 nitrogen and oxygen atoms in total. The largest absolute Gasteiger partial charge is 0.486 e. The molecule has 0 amide bonds. The average Bonchev–Trinajstić information content (AvgIpc) is 2.14. The van der Waals surface area contributed by atoms with E-state index in [1.54, 1.807) is 18.5 Å². The van der Waals surface area contributed by atoms with E-state index in [1.807, 2.05) is 13.8 Å². The van der Waals surface area contributed by atoms with Gasteiger partial charge in [-0.3, -0.25) is 4.98 Å². The van der Waals surface area contributed by atoms with Gasteiger partial charge in [-0.1, -0.05) is 15.9 Å². The Balaban J connectivity index is 2.48. The number of nitrogens with zero attached hydrogens (tertiary/aromatic N) is 1. The van der Waals surface area contributed by atoms with Crippen molar-refractivity contribution >= 4 is 15.9 Å². The molecular weight excluding hydrogens is 246 g/mol. The third kappa shape index (κ3) is 1.42. The van der Waals surface area contributed by atoms with E-state index in [0.717, 1.165) is 5.56 Å². The zero-order valence-electron chi connectivity index (χ0n) is 8.07. The minimum absolute atomic E-state index is 0.119. The van der Waals surface area contributed by atoms with Crippen molar-refractivity contribution in [1.82, 2.24) is 4.98 Å². The summed E-state index contributed by atoms with van der Waals surface area (Å²) in [5.41, 5.74) is 0.335. The number of alkyl halides is 1. The molecule has 2 heterocycles. The highest BCUT2D eigenvalue weighted by Crippen LogP contribution is 2.42. The van der Waals surface area contributed by atoms with Crippen molar-refractivity contribution in [3.8, 4) is 5.75 Å². The molecule has 1 aliphatic rings. The second kappa shape index (κ2) is 3.21. The summed E-state index contributed by atoms with van der Waals surface area (Å²) in [6.45, 7) is 3.89. The van der Waals surface area contributed by atoms with E-state index < -0.39 is 11.7 Å². The number of aromatic nitrogens is 1. The Hall–Kier alpha value is -0.610. The Kier molecular flexibility index (Phi) is 2.27. The second-order valence-electron chi connectivity index (χ2n) is 3.97. The minimum atomic E-state index is -0.567. The van der Waals surface area contributed by atoms with Crippen molar-refractivity contribution in [1.29, 1.82) is 0 Å². The van der Waals surface area contributed by atoms with Crippen molar-refractivity contribution < 1.29 is 9.84 Å². The first-order valence-electron chi connectivity index (χ1n) is 4.47. The van der Waals surface area contributed by atoms with Gasteiger partial charge in [0, 0.05) is 18.0 Å². The van der Waals surface area contributed by atoms with Crippen LogP contribution in [-0.2, 0) is 0 Å².